The van der Waals surface area contributed by atoms with Crippen molar-refractivity contribution in [1.29, 1.82) is 0 Å². The first kappa shape index (κ1) is 23.6. The molecule has 0 unspecified atom stereocenters. The fraction of sp³-hybridized carbons (Fsp3) is 0.435. The van der Waals surface area contributed by atoms with E-state index < -0.39 is 15.9 Å². The fourth-order valence-electron chi connectivity index (χ4n) is 3.55. The zero-order valence-corrected chi connectivity index (χ0v) is 19.9. The first-order valence-electron chi connectivity index (χ1n) is 10.3. The fourth-order valence-corrected chi connectivity index (χ4v) is 5.57. The number of nitrogens with one attached hydrogen (secondary N) is 1. The summed E-state index contributed by atoms with van der Waals surface area (Å²) >= 11 is 6.23. The number of carbonyl (C=O) groups is 1. The Kier molecular flexibility index (Phi) is 6.98. The molecule has 0 radical (unpaired) electrons. The molecule has 0 atom stereocenters. The van der Waals surface area contributed by atoms with Crippen LogP contribution in [0, 0.1) is 0 Å². The molecule has 31 heavy (non-hydrogen) atoms. The van der Waals surface area contributed by atoms with E-state index in [-0.39, 0.29) is 20.9 Å². The van der Waals surface area contributed by atoms with Crippen molar-refractivity contribution < 1.29 is 17.9 Å². The Balaban J connectivity index is 1.92. The molecule has 0 saturated carbocycles. The summed E-state index contributed by atoms with van der Waals surface area (Å²) in [5.41, 5.74) is 1.66. The van der Waals surface area contributed by atoms with Crippen molar-refractivity contribution in [3.8, 4) is 5.75 Å². The van der Waals surface area contributed by atoms with Gasteiger partial charge in [-0.05, 0) is 54.2 Å². The maximum atomic E-state index is 13.1. The van der Waals surface area contributed by atoms with Crippen LogP contribution in [-0.4, -0.2) is 38.8 Å². The van der Waals surface area contributed by atoms with Gasteiger partial charge in [0.2, 0.25) is 10.0 Å². The summed E-state index contributed by atoms with van der Waals surface area (Å²) in [6.07, 6.45) is 2.65. The van der Waals surface area contributed by atoms with Crippen molar-refractivity contribution in [1.82, 2.24) is 4.31 Å². The molecule has 1 saturated heterocycles. The van der Waals surface area contributed by atoms with E-state index in [0.717, 1.165) is 24.8 Å². The van der Waals surface area contributed by atoms with Crippen LogP contribution in [0.25, 0.3) is 0 Å². The molecule has 0 aromatic heterocycles. The molecule has 2 aromatic carbocycles. The van der Waals surface area contributed by atoms with Crippen LogP contribution in [0.15, 0.2) is 41.3 Å². The maximum Gasteiger partial charge on any atom is 0.255 e. The largest absolute Gasteiger partial charge is 0.495 e. The Bertz CT molecular complexity index is 1070. The molecule has 0 bridgehead atoms. The quantitative estimate of drug-likeness (QED) is 0.670. The number of hydrogen-bond donors (Lipinski definition) is 1. The van der Waals surface area contributed by atoms with Gasteiger partial charge in [0, 0.05) is 18.7 Å². The van der Waals surface area contributed by atoms with Gasteiger partial charge < -0.3 is 10.1 Å². The van der Waals surface area contributed by atoms with Gasteiger partial charge in [0.05, 0.1) is 17.8 Å². The number of halogens is 1. The summed E-state index contributed by atoms with van der Waals surface area (Å²) in [4.78, 5) is 12.9. The second-order valence-electron chi connectivity index (χ2n) is 8.73. The molecule has 3 rings (SSSR count). The number of nitrogens with zero attached hydrogens (tertiary/aromatic N) is 1. The maximum absolute atomic E-state index is 13.1. The highest BCUT2D eigenvalue weighted by Gasteiger charge is 2.29. The van der Waals surface area contributed by atoms with E-state index in [9.17, 15) is 13.2 Å². The summed E-state index contributed by atoms with van der Waals surface area (Å²) in [6, 6.07) is 9.97. The van der Waals surface area contributed by atoms with Crippen molar-refractivity contribution >= 4 is 33.2 Å². The second kappa shape index (κ2) is 9.18. The van der Waals surface area contributed by atoms with Gasteiger partial charge >= 0.3 is 0 Å². The predicted octanol–water partition coefficient (Wildman–Crippen LogP) is 5.07. The predicted molar refractivity (Wildman–Crippen MR) is 124 cm³/mol. The lowest BCUT2D eigenvalue weighted by Gasteiger charge is -2.26. The van der Waals surface area contributed by atoms with Gasteiger partial charge in [-0.1, -0.05) is 44.9 Å². The zero-order chi connectivity index (χ0) is 22.8. The number of piperidine rings is 1. The highest BCUT2D eigenvalue weighted by molar-refractivity contribution is 7.89. The van der Waals surface area contributed by atoms with E-state index in [1.54, 1.807) is 0 Å². The van der Waals surface area contributed by atoms with Crippen molar-refractivity contribution in [2.45, 2.75) is 50.3 Å². The summed E-state index contributed by atoms with van der Waals surface area (Å²) in [5.74, 6) is 0.0904. The SMILES string of the molecule is COc1ccc(C(C)(C)C)cc1NC(=O)c1ccc(Cl)c(S(=O)(=O)N2CCCCC2)c1. The van der Waals surface area contributed by atoms with Crippen LogP contribution in [0.4, 0.5) is 5.69 Å². The third-order valence-electron chi connectivity index (χ3n) is 5.44. The summed E-state index contributed by atoms with van der Waals surface area (Å²) in [5, 5.41) is 2.96. The van der Waals surface area contributed by atoms with Gasteiger partial charge in [-0.3, -0.25) is 4.79 Å². The van der Waals surface area contributed by atoms with Crippen LogP contribution in [0.3, 0.4) is 0 Å². The van der Waals surface area contributed by atoms with E-state index in [4.69, 9.17) is 16.3 Å². The molecule has 1 heterocycles. The molecule has 0 aliphatic carbocycles. The number of sulfonamides is 1. The normalized spacial score (nSPS) is 15.5. The van der Waals surface area contributed by atoms with Crippen LogP contribution >= 0.6 is 11.6 Å². The number of rotatable bonds is 5. The van der Waals surface area contributed by atoms with Crippen LogP contribution < -0.4 is 10.1 Å². The molecule has 1 aliphatic heterocycles. The average molecular weight is 465 g/mol. The van der Waals surface area contributed by atoms with E-state index in [1.807, 2.05) is 18.2 Å². The van der Waals surface area contributed by atoms with Crippen LogP contribution in [-0.2, 0) is 15.4 Å². The summed E-state index contributed by atoms with van der Waals surface area (Å²) in [7, 11) is -2.23. The average Bonchev–Trinajstić information content (AvgIpc) is 2.73. The number of anilines is 1. The number of ether oxygens (including phenoxy) is 1. The molecule has 1 N–H and O–H groups in total. The molecule has 1 amide bonds. The van der Waals surface area contributed by atoms with Gasteiger partial charge in [-0.25, -0.2) is 8.42 Å². The van der Waals surface area contributed by atoms with E-state index in [1.165, 1.54) is 29.6 Å². The van der Waals surface area contributed by atoms with Gasteiger partial charge in [0.15, 0.2) is 0 Å². The van der Waals surface area contributed by atoms with Gasteiger partial charge in [-0.15, -0.1) is 0 Å². The lowest BCUT2D eigenvalue weighted by Crippen LogP contribution is -2.35. The van der Waals surface area contributed by atoms with Gasteiger partial charge in [0.25, 0.3) is 5.91 Å². The zero-order valence-electron chi connectivity index (χ0n) is 18.4. The Morgan fingerprint density at radius 3 is 2.35 bits per heavy atom. The minimum absolute atomic E-state index is 0.0425. The smallest absolute Gasteiger partial charge is 0.255 e. The van der Waals surface area contributed by atoms with Gasteiger partial charge in [-0.2, -0.15) is 4.31 Å². The lowest BCUT2D eigenvalue weighted by atomic mass is 9.87. The highest BCUT2D eigenvalue weighted by atomic mass is 35.5. The molecular formula is C23H29ClN2O4S. The number of amides is 1. The van der Waals surface area contributed by atoms with Crippen molar-refractivity contribution in [3.63, 3.8) is 0 Å². The Morgan fingerprint density at radius 1 is 1.06 bits per heavy atom. The van der Waals surface area contributed by atoms with E-state index in [0.29, 0.717) is 24.5 Å². The topological polar surface area (TPSA) is 75.7 Å². The molecule has 8 heteroatoms. The molecule has 1 aliphatic rings. The number of benzene rings is 2. The monoisotopic (exact) mass is 464 g/mol. The number of carbonyl (C=O) groups excluding carboxylic acids is 1. The Morgan fingerprint density at radius 2 is 1.74 bits per heavy atom. The molecule has 0 spiro atoms. The molecule has 1 fully saturated rings. The standard InChI is InChI=1S/C23H29ClN2O4S/c1-23(2,3)17-9-11-20(30-4)19(15-17)25-22(27)16-8-10-18(24)21(14-16)31(28,29)26-12-6-5-7-13-26/h8-11,14-15H,5-7,12-13H2,1-4H3,(H,25,27). The minimum Gasteiger partial charge on any atom is -0.495 e. The third-order valence-corrected chi connectivity index (χ3v) is 7.82. The van der Waals surface area contributed by atoms with E-state index >= 15 is 0 Å². The van der Waals surface area contributed by atoms with E-state index in [2.05, 4.69) is 26.1 Å². The van der Waals surface area contributed by atoms with Crippen molar-refractivity contribution in [3.05, 3.63) is 52.5 Å². The number of methoxy groups -OCH3 is 1. The molecular weight excluding hydrogens is 436 g/mol. The lowest BCUT2D eigenvalue weighted by molar-refractivity contribution is 0.102. The van der Waals surface area contributed by atoms with Gasteiger partial charge in [0.1, 0.15) is 10.6 Å². The summed E-state index contributed by atoms with van der Waals surface area (Å²) < 4.78 is 33.0. The van der Waals surface area contributed by atoms with Crippen LogP contribution in [0.1, 0.15) is 56.0 Å². The minimum atomic E-state index is -3.76. The first-order valence-corrected chi connectivity index (χ1v) is 12.2. The second-order valence-corrected chi connectivity index (χ2v) is 11.0. The number of hydrogen-bond acceptors (Lipinski definition) is 4. The molecule has 6 nitrogen and oxygen atoms in total. The van der Waals surface area contributed by atoms with Crippen LogP contribution in [0.5, 0.6) is 5.75 Å². The molecule has 168 valence electrons. The summed E-state index contributed by atoms with van der Waals surface area (Å²) in [6.45, 7) is 7.17. The highest BCUT2D eigenvalue weighted by Crippen LogP contribution is 2.32. The van der Waals surface area contributed by atoms with Crippen LogP contribution in [0.2, 0.25) is 5.02 Å². The third kappa shape index (κ3) is 5.22. The van der Waals surface area contributed by atoms with Crippen molar-refractivity contribution in [2.24, 2.45) is 0 Å². The first-order chi connectivity index (χ1) is 14.5. The Labute approximate surface area is 189 Å². The Hall–Kier alpha value is -2.09. The van der Waals surface area contributed by atoms with Crippen molar-refractivity contribution in [2.75, 3.05) is 25.5 Å². The molecule has 2 aromatic rings.